The zero-order valence-electron chi connectivity index (χ0n) is 11.7. The highest BCUT2D eigenvalue weighted by Crippen LogP contribution is 2.24. The van der Waals surface area contributed by atoms with Gasteiger partial charge in [0.2, 0.25) is 0 Å². The van der Waals surface area contributed by atoms with E-state index in [1.165, 1.54) is 16.5 Å². The number of anilines is 1. The lowest BCUT2D eigenvalue weighted by atomic mass is 10.0. The Morgan fingerprint density at radius 1 is 1.24 bits per heavy atom. The van der Waals surface area contributed by atoms with Crippen LogP contribution in [0, 0.1) is 0 Å². The van der Waals surface area contributed by atoms with Crippen LogP contribution in [0.1, 0.15) is 16.8 Å². The highest BCUT2D eigenvalue weighted by molar-refractivity contribution is 5.82. The van der Waals surface area contributed by atoms with E-state index in [9.17, 15) is 0 Å². The molecule has 3 aromatic rings. The molecule has 106 valence electrons. The van der Waals surface area contributed by atoms with Crippen molar-refractivity contribution in [1.82, 2.24) is 19.9 Å². The van der Waals surface area contributed by atoms with Gasteiger partial charge in [0.25, 0.3) is 0 Å². The van der Waals surface area contributed by atoms with E-state index in [0.717, 1.165) is 37.3 Å². The highest BCUT2D eigenvalue weighted by Gasteiger charge is 2.20. The number of nitrogen functional groups attached to an aromatic ring is 1. The minimum Gasteiger partial charge on any atom is -0.383 e. The Bertz CT molecular complexity index is 792. The van der Waals surface area contributed by atoms with Gasteiger partial charge in [-0.05, 0) is 18.1 Å². The topological polar surface area (TPSA) is 70.8 Å². The first-order valence-electron chi connectivity index (χ1n) is 7.17. The zero-order valence-corrected chi connectivity index (χ0v) is 11.7. The number of hydrogen-bond donors (Lipinski definition) is 2. The predicted molar refractivity (Wildman–Crippen MR) is 82.6 cm³/mol. The SMILES string of the molecule is Nc1ncnc2c1CCN(Cc1c[nH]c3ccccc13)C2. The number of nitrogens with two attached hydrogens (primary N) is 1. The van der Waals surface area contributed by atoms with Crippen molar-refractivity contribution in [1.29, 1.82) is 0 Å². The van der Waals surface area contributed by atoms with Crippen molar-refractivity contribution < 1.29 is 0 Å². The second-order valence-electron chi connectivity index (χ2n) is 5.50. The number of benzene rings is 1. The van der Waals surface area contributed by atoms with Crippen molar-refractivity contribution in [2.75, 3.05) is 12.3 Å². The lowest BCUT2D eigenvalue weighted by Crippen LogP contribution is -2.31. The first-order chi connectivity index (χ1) is 10.3. The largest absolute Gasteiger partial charge is 0.383 e. The smallest absolute Gasteiger partial charge is 0.130 e. The van der Waals surface area contributed by atoms with Gasteiger partial charge in [-0.3, -0.25) is 4.90 Å². The van der Waals surface area contributed by atoms with Gasteiger partial charge in [0.1, 0.15) is 12.1 Å². The maximum absolute atomic E-state index is 5.92. The molecule has 0 spiro atoms. The van der Waals surface area contributed by atoms with E-state index in [2.05, 4.69) is 50.3 Å². The van der Waals surface area contributed by atoms with Crippen molar-refractivity contribution in [3.63, 3.8) is 0 Å². The molecule has 2 aromatic heterocycles. The van der Waals surface area contributed by atoms with Gasteiger partial charge in [-0.2, -0.15) is 0 Å². The molecule has 0 amide bonds. The summed E-state index contributed by atoms with van der Waals surface area (Å²) in [6.45, 7) is 2.75. The third-order valence-corrected chi connectivity index (χ3v) is 4.19. The van der Waals surface area contributed by atoms with E-state index in [1.54, 1.807) is 6.33 Å². The first kappa shape index (κ1) is 12.3. The van der Waals surface area contributed by atoms with Crippen molar-refractivity contribution >= 4 is 16.7 Å². The number of rotatable bonds is 2. The number of para-hydroxylation sites is 1. The van der Waals surface area contributed by atoms with Crippen LogP contribution in [0.15, 0.2) is 36.8 Å². The lowest BCUT2D eigenvalue weighted by molar-refractivity contribution is 0.242. The van der Waals surface area contributed by atoms with Crippen molar-refractivity contribution in [3.8, 4) is 0 Å². The molecule has 0 aliphatic carbocycles. The molecule has 3 N–H and O–H groups in total. The van der Waals surface area contributed by atoms with Crippen LogP contribution >= 0.6 is 0 Å². The maximum atomic E-state index is 5.92. The summed E-state index contributed by atoms with van der Waals surface area (Å²) in [5.74, 6) is 0.631. The summed E-state index contributed by atoms with van der Waals surface area (Å²) in [6.07, 6.45) is 4.59. The zero-order chi connectivity index (χ0) is 14.2. The Morgan fingerprint density at radius 3 is 3.10 bits per heavy atom. The van der Waals surface area contributed by atoms with Gasteiger partial charge in [0, 0.05) is 42.3 Å². The maximum Gasteiger partial charge on any atom is 0.130 e. The second-order valence-corrected chi connectivity index (χ2v) is 5.50. The number of aromatic nitrogens is 3. The van der Waals surface area contributed by atoms with Gasteiger partial charge in [-0.25, -0.2) is 9.97 Å². The number of nitrogens with one attached hydrogen (secondary N) is 1. The molecule has 0 saturated heterocycles. The summed E-state index contributed by atoms with van der Waals surface area (Å²) in [7, 11) is 0. The molecule has 0 unspecified atom stereocenters. The third kappa shape index (κ3) is 2.15. The average molecular weight is 279 g/mol. The lowest BCUT2D eigenvalue weighted by Gasteiger charge is -2.28. The monoisotopic (exact) mass is 279 g/mol. The van der Waals surface area contributed by atoms with Crippen LogP contribution in [0.3, 0.4) is 0 Å². The molecule has 0 atom stereocenters. The fourth-order valence-electron chi connectivity index (χ4n) is 3.07. The molecule has 0 fully saturated rings. The van der Waals surface area contributed by atoms with Crippen molar-refractivity contribution in [2.45, 2.75) is 19.5 Å². The van der Waals surface area contributed by atoms with Gasteiger partial charge < -0.3 is 10.7 Å². The van der Waals surface area contributed by atoms with Gasteiger partial charge in [-0.15, -0.1) is 0 Å². The molecular formula is C16H17N5. The molecule has 4 rings (SSSR count). The summed E-state index contributed by atoms with van der Waals surface area (Å²) in [5.41, 5.74) is 10.6. The summed E-state index contributed by atoms with van der Waals surface area (Å²) < 4.78 is 0. The van der Waals surface area contributed by atoms with Crippen LogP contribution in [0.4, 0.5) is 5.82 Å². The predicted octanol–water partition coefficient (Wildman–Crippen LogP) is 2.10. The third-order valence-electron chi connectivity index (χ3n) is 4.19. The number of fused-ring (bicyclic) bond motifs is 2. The number of H-pyrrole nitrogens is 1. The van der Waals surface area contributed by atoms with E-state index in [0.29, 0.717) is 5.82 Å². The van der Waals surface area contributed by atoms with E-state index >= 15 is 0 Å². The van der Waals surface area contributed by atoms with Crippen LogP contribution in [0.2, 0.25) is 0 Å². The van der Waals surface area contributed by atoms with E-state index in [1.807, 2.05) is 0 Å². The Morgan fingerprint density at radius 2 is 2.14 bits per heavy atom. The number of nitrogens with zero attached hydrogens (tertiary/aromatic N) is 3. The summed E-state index contributed by atoms with van der Waals surface area (Å²) >= 11 is 0. The first-order valence-corrected chi connectivity index (χ1v) is 7.17. The molecule has 21 heavy (non-hydrogen) atoms. The molecule has 1 aliphatic rings. The minimum absolute atomic E-state index is 0.631. The standard InChI is InChI=1S/C16H17N5/c17-16-13-5-6-21(9-15(13)19-10-20-16)8-11-7-18-14-4-2-1-3-12(11)14/h1-4,7,10,18H,5-6,8-9H2,(H2,17,19,20). The van der Waals surface area contributed by atoms with Gasteiger partial charge in [0.05, 0.1) is 5.69 Å². The Kier molecular flexibility index (Phi) is 2.86. The minimum atomic E-state index is 0.631. The molecule has 0 saturated carbocycles. The number of hydrogen-bond acceptors (Lipinski definition) is 4. The molecule has 3 heterocycles. The average Bonchev–Trinajstić information content (AvgIpc) is 2.91. The van der Waals surface area contributed by atoms with Crippen molar-refractivity contribution in [2.24, 2.45) is 0 Å². The fraction of sp³-hybridized carbons (Fsp3) is 0.250. The Hall–Kier alpha value is -2.40. The summed E-state index contributed by atoms with van der Waals surface area (Å²) in [5, 5.41) is 1.30. The van der Waals surface area contributed by atoms with E-state index in [-0.39, 0.29) is 0 Å². The van der Waals surface area contributed by atoms with Gasteiger partial charge >= 0.3 is 0 Å². The normalized spacial score (nSPS) is 15.2. The van der Waals surface area contributed by atoms with Crippen LogP contribution in [-0.2, 0) is 19.5 Å². The van der Waals surface area contributed by atoms with E-state index in [4.69, 9.17) is 5.73 Å². The quantitative estimate of drug-likeness (QED) is 0.753. The van der Waals surface area contributed by atoms with E-state index < -0.39 is 0 Å². The van der Waals surface area contributed by atoms with Crippen LogP contribution in [0.25, 0.3) is 10.9 Å². The van der Waals surface area contributed by atoms with Crippen LogP contribution < -0.4 is 5.73 Å². The van der Waals surface area contributed by atoms with Crippen molar-refractivity contribution in [3.05, 3.63) is 53.6 Å². The Balaban J connectivity index is 1.59. The molecule has 5 heteroatoms. The molecule has 1 aromatic carbocycles. The van der Waals surface area contributed by atoms with Crippen LogP contribution in [0.5, 0.6) is 0 Å². The molecule has 0 bridgehead atoms. The van der Waals surface area contributed by atoms with Gasteiger partial charge in [-0.1, -0.05) is 18.2 Å². The molecular weight excluding hydrogens is 262 g/mol. The number of aromatic amines is 1. The molecule has 5 nitrogen and oxygen atoms in total. The highest BCUT2D eigenvalue weighted by atomic mass is 15.1. The van der Waals surface area contributed by atoms with Crippen LogP contribution in [-0.4, -0.2) is 26.4 Å². The second kappa shape index (κ2) is 4.86. The van der Waals surface area contributed by atoms with Gasteiger partial charge in [0.15, 0.2) is 0 Å². The molecule has 1 aliphatic heterocycles. The fourth-order valence-corrected chi connectivity index (χ4v) is 3.07. The molecule has 0 radical (unpaired) electrons. The summed E-state index contributed by atoms with van der Waals surface area (Å²) in [6, 6.07) is 8.41. The summed E-state index contributed by atoms with van der Waals surface area (Å²) in [4.78, 5) is 14.2. The Labute approximate surface area is 122 Å².